The highest BCUT2D eigenvalue weighted by Crippen LogP contribution is 2.23. The van der Waals surface area contributed by atoms with Crippen molar-refractivity contribution in [2.24, 2.45) is 0 Å². The Kier molecular flexibility index (Phi) is 3.18. The standard InChI is InChI=1S/C12H11FN2O2/c13-9-5-7(6-14)1-2-8(9)11-12(17)10(16)3-4-15-11/h1-2,5,10-11,15-16H,3-4H2. The fraction of sp³-hybridized carbons (Fsp3) is 0.333. The van der Waals surface area contributed by atoms with Crippen LogP contribution in [0.15, 0.2) is 18.2 Å². The highest BCUT2D eigenvalue weighted by molar-refractivity contribution is 5.89. The van der Waals surface area contributed by atoms with E-state index in [0.29, 0.717) is 13.0 Å². The first-order valence-electron chi connectivity index (χ1n) is 5.28. The fourth-order valence-electron chi connectivity index (χ4n) is 1.89. The Labute approximate surface area is 97.7 Å². The molecule has 88 valence electrons. The van der Waals surface area contributed by atoms with E-state index in [1.807, 2.05) is 6.07 Å². The Balaban J connectivity index is 2.34. The third kappa shape index (κ3) is 2.18. The molecule has 2 unspecified atom stereocenters. The van der Waals surface area contributed by atoms with E-state index >= 15 is 0 Å². The van der Waals surface area contributed by atoms with Gasteiger partial charge >= 0.3 is 0 Å². The molecule has 1 fully saturated rings. The molecule has 0 amide bonds. The maximum Gasteiger partial charge on any atom is 0.182 e. The molecule has 2 atom stereocenters. The molecule has 0 aliphatic carbocycles. The van der Waals surface area contributed by atoms with Gasteiger partial charge in [-0.3, -0.25) is 4.79 Å². The van der Waals surface area contributed by atoms with Crippen molar-refractivity contribution >= 4 is 5.78 Å². The minimum atomic E-state index is -1.05. The molecule has 1 saturated heterocycles. The zero-order valence-electron chi connectivity index (χ0n) is 8.98. The largest absolute Gasteiger partial charge is 0.385 e. The van der Waals surface area contributed by atoms with Crippen LogP contribution in [0.2, 0.25) is 0 Å². The number of ketones is 1. The summed E-state index contributed by atoms with van der Waals surface area (Å²) < 4.78 is 13.7. The summed E-state index contributed by atoms with van der Waals surface area (Å²) in [6.45, 7) is 0.455. The fourth-order valence-corrected chi connectivity index (χ4v) is 1.89. The van der Waals surface area contributed by atoms with Crippen molar-refractivity contribution in [3.8, 4) is 6.07 Å². The highest BCUT2D eigenvalue weighted by Gasteiger charge is 2.32. The molecule has 1 aromatic rings. The molecule has 2 N–H and O–H groups in total. The van der Waals surface area contributed by atoms with Gasteiger partial charge in [-0.1, -0.05) is 6.07 Å². The Morgan fingerprint density at radius 2 is 2.29 bits per heavy atom. The van der Waals surface area contributed by atoms with Crippen LogP contribution in [-0.4, -0.2) is 23.5 Å². The lowest BCUT2D eigenvalue weighted by Gasteiger charge is -2.26. The van der Waals surface area contributed by atoms with Crippen LogP contribution in [0.5, 0.6) is 0 Å². The molecule has 0 saturated carbocycles. The number of piperidine rings is 1. The van der Waals surface area contributed by atoms with Crippen LogP contribution < -0.4 is 5.32 Å². The summed E-state index contributed by atoms with van der Waals surface area (Å²) in [6.07, 6.45) is -0.705. The summed E-state index contributed by atoms with van der Waals surface area (Å²) in [7, 11) is 0. The van der Waals surface area contributed by atoms with Gasteiger partial charge in [-0.2, -0.15) is 5.26 Å². The van der Waals surface area contributed by atoms with Crippen LogP contribution >= 0.6 is 0 Å². The highest BCUT2D eigenvalue weighted by atomic mass is 19.1. The Morgan fingerprint density at radius 3 is 2.94 bits per heavy atom. The number of hydrogen-bond donors (Lipinski definition) is 2. The number of Topliss-reactive ketones (excluding diaryl/α,β-unsaturated/α-hetero) is 1. The van der Waals surface area contributed by atoms with Gasteiger partial charge in [0.1, 0.15) is 11.9 Å². The van der Waals surface area contributed by atoms with E-state index in [4.69, 9.17) is 5.26 Å². The van der Waals surface area contributed by atoms with Gasteiger partial charge < -0.3 is 10.4 Å². The number of nitrogens with one attached hydrogen (secondary N) is 1. The van der Waals surface area contributed by atoms with E-state index in [9.17, 15) is 14.3 Å². The summed E-state index contributed by atoms with van der Waals surface area (Å²) in [6, 6.07) is 4.94. The number of carbonyl (C=O) groups excluding carboxylic acids is 1. The molecule has 17 heavy (non-hydrogen) atoms. The number of aliphatic hydroxyl groups is 1. The topological polar surface area (TPSA) is 73.1 Å². The van der Waals surface area contributed by atoms with Gasteiger partial charge in [-0.25, -0.2) is 4.39 Å². The van der Waals surface area contributed by atoms with Gasteiger partial charge in [-0.05, 0) is 25.1 Å². The molecule has 4 nitrogen and oxygen atoms in total. The van der Waals surface area contributed by atoms with Crippen molar-refractivity contribution in [2.45, 2.75) is 18.6 Å². The molecule has 1 aliphatic heterocycles. The second kappa shape index (κ2) is 4.62. The number of halogens is 1. The normalized spacial score (nSPS) is 24.4. The van der Waals surface area contributed by atoms with Crippen LogP contribution in [0.25, 0.3) is 0 Å². The van der Waals surface area contributed by atoms with Gasteiger partial charge in [0.25, 0.3) is 0 Å². The van der Waals surface area contributed by atoms with E-state index in [1.165, 1.54) is 12.1 Å². The number of nitrogens with zero attached hydrogens (tertiary/aromatic N) is 1. The van der Waals surface area contributed by atoms with E-state index in [-0.39, 0.29) is 11.1 Å². The predicted molar refractivity (Wildman–Crippen MR) is 57.5 cm³/mol. The number of rotatable bonds is 1. The smallest absolute Gasteiger partial charge is 0.182 e. The second-order valence-electron chi connectivity index (χ2n) is 3.94. The maximum atomic E-state index is 13.7. The Morgan fingerprint density at radius 1 is 1.53 bits per heavy atom. The van der Waals surface area contributed by atoms with E-state index in [0.717, 1.165) is 6.07 Å². The maximum absolute atomic E-state index is 13.7. The minimum Gasteiger partial charge on any atom is -0.385 e. The number of carbonyl (C=O) groups is 1. The lowest BCUT2D eigenvalue weighted by molar-refractivity contribution is -0.131. The third-order valence-electron chi connectivity index (χ3n) is 2.82. The molecule has 0 aromatic heterocycles. The van der Waals surface area contributed by atoms with Crippen molar-refractivity contribution < 1.29 is 14.3 Å². The molecule has 0 bridgehead atoms. The predicted octanol–water partition coefficient (Wildman–Crippen LogP) is 0.662. The number of aliphatic hydroxyl groups excluding tert-OH is 1. The lowest BCUT2D eigenvalue weighted by Crippen LogP contribution is -2.43. The van der Waals surface area contributed by atoms with Crippen LogP contribution in [0.3, 0.4) is 0 Å². The Bertz CT molecular complexity index is 496. The molecular formula is C12H11FN2O2. The van der Waals surface area contributed by atoms with Crippen LogP contribution in [0, 0.1) is 17.1 Å². The third-order valence-corrected chi connectivity index (χ3v) is 2.82. The molecule has 1 heterocycles. The number of benzene rings is 1. The van der Waals surface area contributed by atoms with Gasteiger partial charge in [0, 0.05) is 5.56 Å². The van der Waals surface area contributed by atoms with E-state index in [2.05, 4.69) is 5.32 Å². The molecule has 1 aliphatic rings. The SMILES string of the molecule is N#Cc1ccc(C2NCCC(O)C2=O)c(F)c1. The average Bonchev–Trinajstić information content (AvgIpc) is 2.33. The second-order valence-corrected chi connectivity index (χ2v) is 3.94. The van der Waals surface area contributed by atoms with Crippen molar-refractivity contribution in [3.63, 3.8) is 0 Å². The van der Waals surface area contributed by atoms with Crippen molar-refractivity contribution in [2.75, 3.05) is 6.54 Å². The zero-order valence-corrected chi connectivity index (χ0v) is 8.98. The zero-order chi connectivity index (χ0) is 12.4. The molecule has 0 radical (unpaired) electrons. The summed E-state index contributed by atoms with van der Waals surface area (Å²) in [5.41, 5.74) is 0.378. The molecule has 2 rings (SSSR count). The molecule has 1 aromatic carbocycles. The summed E-state index contributed by atoms with van der Waals surface area (Å²) in [4.78, 5) is 11.7. The quantitative estimate of drug-likeness (QED) is 0.748. The van der Waals surface area contributed by atoms with Crippen molar-refractivity contribution in [1.82, 2.24) is 5.32 Å². The Hall–Kier alpha value is -1.77. The van der Waals surface area contributed by atoms with E-state index < -0.39 is 23.7 Å². The summed E-state index contributed by atoms with van der Waals surface area (Å²) in [5, 5.41) is 20.9. The van der Waals surface area contributed by atoms with E-state index in [1.54, 1.807) is 0 Å². The average molecular weight is 234 g/mol. The van der Waals surface area contributed by atoms with Gasteiger partial charge in [0.05, 0.1) is 17.7 Å². The first kappa shape index (κ1) is 11.7. The minimum absolute atomic E-state index is 0.174. The summed E-state index contributed by atoms with van der Waals surface area (Å²) >= 11 is 0. The first-order valence-corrected chi connectivity index (χ1v) is 5.28. The first-order chi connectivity index (χ1) is 8.13. The van der Waals surface area contributed by atoms with Gasteiger partial charge in [-0.15, -0.1) is 0 Å². The number of hydrogen-bond acceptors (Lipinski definition) is 4. The van der Waals surface area contributed by atoms with Crippen molar-refractivity contribution in [1.29, 1.82) is 5.26 Å². The van der Waals surface area contributed by atoms with Gasteiger partial charge in [0.2, 0.25) is 0 Å². The lowest BCUT2D eigenvalue weighted by atomic mass is 9.93. The number of nitriles is 1. The summed E-state index contributed by atoms with van der Waals surface area (Å²) in [5.74, 6) is -1.04. The molecule has 5 heteroatoms. The van der Waals surface area contributed by atoms with Crippen molar-refractivity contribution in [3.05, 3.63) is 35.1 Å². The van der Waals surface area contributed by atoms with Crippen LogP contribution in [0.4, 0.5) is 4.39 Å². The molecular weight excluding hydrogens is 223 g/mol. The van der Waals surface area contributed by atoms with Gasteiger partial charge in [0.15, 0.2) is 5.78 Å². The van der Waals surface area contributed by atoms with Crippen LogP contribution in [-0.2, 0) is 4.79 Å². The monoisotopic (exact) mass is 234 g/mol. The van der Waals surface area contributed by atoms with Crippen LogP contribution in [0.1, 0.15) is 23.6 Å². The molecule has 0 spiro atoms.